The molecule has 9 heteroatoms. The molecule has 3 saturated heterocycles. The molecule has 1 spiro atoms. The number of anilines is 2. The summed E-state index contributed by atoms with van der Waals surface area (Å²) in [4.78, 5) is 49.6. The van der Waals surface area contributed by atoms with E-state index in [9.17, 15) is 14.7 Å². The number of rotatable bonds is 12. The van der Waals surface area contributed by atoms with Gasteiger partial charge in [-0.1, -0.05) is 67.9 Å². The molecule has 0 saturated carbocycles. The fourth-order valence-corrected chi connectivity index (χ4v) is 10.6. The number of carbonyl (C=O) groups excluding carboxylic acids is 3. The third-order valence-corrected chi connectivity index (χ3v) is 12.0. The largest absolute Gasteiger partial charge is 0.394 e. The SMILES string of the molecule is C=CCN(C(=O)[C@@H]1[C@H]2C(=O)N([C@@H](CO)CC(C)C)C(C(=O)N(CC=C)c3c(C)cccc3Cl)C23CC[C@@]1(C)S3)c1ccccc1. The van der Waals surface area contributed by atoms with Crippen molar-refractivity contribution in [3.05, 3.63) is 84.4 Å². The highest BCUT2D eigenvalue weighted by atomic mass is 35.5. The molecule has 0 aromatic heterocycles. The molecule has 45 heavy (non-hydrogen) atoms. The lowest BCUT2D eigenvalue weighted by Gasteiger charge is -2.40. The van der Waals surface area contributed by atoms with Crippen molar-refractivity contribution in [1.82, 2.24) is 4.90 Å². The Balaban J connectivity index is 1.66. The van der Waals surface area contributed by atoms with Crippen LogP contribution < -0.4 is 9.80 Å². The van der Waals surface area contributed by atoms with Gasteiger partial charge in [-0.15, -0.1) is 24.9 Å². The van der Waals surface area contributed by atoms with Crippen LogP contribution in [-0.4, -0.2) is 69.0 Å². The predicted molar refractivity (Wildman–Crippen MR) is 184 cm³/mol. The molecule has 2 bridgehead atoms. The molecule has 240 valence electrons. The molecule has 0 aliphatic carbocycles. The third-order valence-electron chi connectivity index (χ3n) is 9.74. The predicted octanol–water partition coefficient (Wildman–Crippen LogP) is 6.27. The van der Waals surface area contributed by atoms with Gasteiger partial charge in [0, 0.05) is 23.5 Å². The Morgan fingerprint density at radius 3 is 2.33 bits per heavy atom. The minimum atomic E-state index is -0.893. The maximum atomic E-state index is 15.1. The second-order valence-electron chi connectivity index (χ2n) is 13.2. The van der Waals surface area contributed by atoms with E-state index < -0.39 is 33.4 Å². The van der Waals surface area contributed by atoms with Crippen molar-refractivity contribution in [1.29, 1.82) is 0 Å². The third kappa shape index (κ3) is 5.53. The fourth-order valence-electron chi connectivity index (χ4n) is 7.99. The summed E-state index contributed by atoms with van der Waals surface area (Å²) in [6, 6.07) is 13.5. The zero-order valence-corrected chi connectivity index (χ0v) is 28.2. The number of amides is 3. The summed E-state index contributed by atoms with van der Waals surface area (Å²) in [6.45, 7) is 16.1. The summed E-state index contributed by atoms with van der Waals surface area (Å²) in [6.07, 6.45) is 5.18. The Morgan fingerprint density at radius 1 is 1.07 bits per heavy atom. The zero-order chi connectivity index (χ0) is 32.7. The van der Waals surface area contributed by atoms with Crippen molar-refractivity contribution >= 4 is 52.5 Å². The Morgan fingerprint density at radius 2 is 1.73 bits per heavy atom. The number of hydrogen-bond donors (Lipinski definition) is 1. The highest BCUT2D eigenvalue weighted by molar-refractivity contribution is 8.02. The van der Waals surface area contributed by atoms with E-state index in [1.165, 1.54) is 0 Å². The van der Waals surface area contributed by atoms with Crippen molar-refractivity contribution in [3.8, 4) is 0 Å². The maximum absolute atomic E-state index is 15.1. The number of benzene rings is 2. The standard InChI is InChI=1S/C36H44ClN3O4S/c1-7-19-38(25-14-10-9-11-15-25)32(42)28-29-33(43)40(26(22-41)21-23(3)4)31(36(29)18-17-35(28,6)45-36)34(44)39(20-8-2)30-24(5)13-12-16-27(30)37/h7-16,23,26,28-29,31,41H,1-2,17-22H2,3-6H3/t26-,28+,29+,31?,35-,36?/m1/s1. The van der Waals surface area contributed by atoms with Crippen LogP contribution in [0.4, 0.5) is 11.4 Å². The van der Waals surface area contributed by atoms with Crippen LogP contribution in [0.2, 0.25) is 5.02 Å². The second kappa shape index (κ2) is 13.0. The van der Waals surface area contributed by atoms with E-state index in [2.05, 4.69) is 20.1 Å². The topological polar surface area (TPSA) is 81.2 Å². The Hall–Kier alpha value is -3.07. The summed E-state index contributed by atoms with van der Waals surface area (Å²) >= 11 is 8.35. The Labute approximate surface area is 276 Å². The molecule has 3 aliphatic rings. The van der Waals surface area contributed by atoms with Crippen LogP contribution in [0.15, 0.2) is 73.8 Å². The van der Waals surface area contributed by atoms with Crippen LogP contribution in [0.5, 0.6) is 0 Å². The maximum Gasteiger partial charge on any atom is 0.251 e. The van der Waals surface area contributed by atoms with E-state index >= 15 is 4.79 Å². The molecule has 5 rings (SSSR count). The number of nitrogens with zero attached hydrogens (tertiary/aromatic N) is 3. The number of aliphatic hydroxyl groups is 1. The van der Waals surface area contributed by atoms with Crippen LogP contribution in [-0.2, 0) is 14.4 Å². The van der Waals surface area contributed by atoms with Crippen molar-refractivity contribution < 1.29 is 19.5 Å². The first-order chi connectivity index (χ1) is 21.5. The molecule has 3 amide bonds. The Kier molecular flexibility index (Phi) is 9.60. The molecule has 2 unspecified atom stereocenters. The summed E-state index contributed by atoms with van der Waals surface area (Å²) in [7, 11) is 0. The molecule has 1 N–H and O–H groups in total. The molecule has 3 aliphatic heterocycles. The highest BCUT2D eigenvalue weighted by Gasteiger charge is 2.78. The van der Waals surface area contributed by atoms with Crippen molar-refractivity contribution in [2.45, 2.75) is 68.5 Å². The average Bonchev–Trinajstić information content (AvgIpc) is 3.58. The first-order valence-corrected chi connectivity index (χ1v) is 16.9. The quantitative estimate of drug-likeness (QED) is 0.274. The Bertz CT molecular complexity index is 1460. The molecule has 7 nitrogen and oxygen atoms in total. The second-order valence-corrected chi connectivity index (χ2v) is 15.5. The molecule has 2 aromatic carbocycles. The van der Waals surface area contributed by atoms with Gasteiger partial charge >= 0.3 is 0 Å². The van der Waals surface area contributed by atoms with E-state index in [0.717, 1.165) is 11.3 Å². The molecule has 3 fully saturated rings. The fraction of sp³-hybridized carbons (Fsp3) is 0.472. The van der Waals surface area contributed by atoms with Gasteiger partial charge in [-0.3, -0.25) is 14.4 Å². The monoisotopic (exact) mass is 649 g/mol. The normalized spacial score (nSPS) is 27.4. The summed E-state index contributed by atoms with van der Waals surface area (Å²) in [5, 5.41) is 11.1. The molecule has 0 radical (unpaired) electrons. The van der Waals surface area contributed by atoms with Gasteiger partial charge in [-0.25, -0.2) is 0 Å². The van der Waals surface area contributed by atoms with Crippen LogP contribution in [0.1, 0.15) is 45.6 Å². The van der Waals surface area contributed by atoms with Gasteiger partial charge in [0.25, 0.3) is 5.91 Å². The van der Waals surface area contributed by atoms with Crippen LogP contribution in [0, 0.1) is 24.7 Å². The van der Waals surface area contributed by atoms with Gasteiger partial charge < -0.3 is 19.8 Å². The van der Waals surface area contributed by atoms with Crippen molar-refractivity contribution in [2.75, 3.05) is 29.5 Å². The number of para-hydroxylation sites is 2. The molecular formula is C36H44ClN3O4S. The molecule has 3 heterocycles. The van der Waals surface area contributed by atoms with Gasteiger partial charge in [0.1, 0.15) is 6.04 Å². The number of aliphatic hydroxyl groups excluding tert-OH is 1. The van der Waals surface area contributed by atoms with E-state index in [-0.39, 0.29) is 36.8 Å². The van der Waals surface area contributed by atoms with E-state index in [4.69, 9.17) is 11.6 Å². The van der Waals surface area contributed by atoms with Gasteiger partial charge in [-0.05, 0) is 62.8 Å². The van der Waals surface area contributed by atoms with E-state index in [1.807, 2.05) is 63.2 Å². The number of carbonyl (C=O) groups is 3. The minimum absolute atomic E-state index is 0.140. The summed E-state index contributed by atoms with van der Waals surface area (Å²) < 4.78 is -1.40. The number of halogens is 1. The lowest BCUT2D eigenvalue weighted by atomic mass is 9.66. The number of thioether (sulfide) groups is 1. The number of fused-ring (bicyclic) bond motifs is 1. The molecule has 2 aromatic rings. The zero-order valence-electron chi connectivity index (χ0n) is 26.6. The minimum Gasteiger partial charge on any atom is -0.394 e. The van der Waals surface area contributed by atoms with E-state index in [1.54, 1.807) is 44.7 Å². The average molecular weight is 650 g/mol. The lowest BCUT2D eigenvalue weighted by molar-refractivity contribution is -0.142. The van der Waals surface area contributed by atoms with Crippen molar-refractivity contribution in [2.24, 2.45) is 17.8 Å². The first-order valence-electron chi connectivity index (χ1n) is 15.7. The molecule has 6 atom stereocenters. The van der Waals surface area contributed by atoms with Gasteiger partial charge in [-0.2, -0.15) is 0 Å². The number of likely N-dealkylation sites (tertiary alicyclic amines) is 1. The highest BCUT2D eigenvalue weighted by Crippen LogP contribution is 2.72. The van der Waals surface area contributed by atoms with Crippen LogP contribution >= 0.6 is 23.4 Å². The van der Waals surface area contributed by atoms with Crippen LogP contribution in [0.25, 0.3) is 0 Å². The smallest absolute Gasteiger partial charge is 0.251 e. The van der Waals surface area contributed by atoms with Crippen molar-refractivity contribution in [3.63, 3.8) is 0 Å². The van der Waals surface area contributed by atoms with Crippen LogP contribution in [0.3, 0.4) is 0 Å². The summed E-state index contributed by atoms with van der Waals surface area (Å²) in [5.74, 6) is -1.85. The molecular weight excluding hydrogens is 606 g/mol. The van der Waals surface area contributed by atoms with Gasteiger partial charge in [0.15, 0.2) is 0 Å². The summed E-state index contributed by atoms with van der Waals surface area (Å²) in [5.41, 5.74) is 2.15. The van der Waals surface area contributed by atoms with Gasteiger partial charge in [0.2, 0.25) is 11.8 Å². The lowest BCUT2D eigenvalue weighted by Crippen LogP contribution is -2.58. The van der Waals surface area contributed by atoms with E-state index in [0.29, 0.717) is 36.5 Å². The van der Waals surface area contributed by atoms with Gasteiger partial charge in [0.05, 0.1) is 39.9 Å². The first kappa shape index (κ1) is 33.3. The number of hydrogen-bond acceptors (Lipinski definition) is 5. The number of aryl methyl sites for hydroxylation is 1.